The van der Waals surface area contributed by atoms with E-state index in [9.17, 15) is 18.4 Å². The predicted octanol–water partition coefficient (Wildman–Crippen LogP) is 2.72. The molecule has 0 unspecified atom stereocenters. The quantitative estimate of drug-likeness (QED) is 0.722. The normalized spacial score (nSPS) is 15.6. The number of rotatable bonds is 5. The van der Waals surface area contributed by atoms with Crippen LogP contribution in [0, 0.1) is 0 Å². The van der Waals surface area contributed by atoms with Gasteiger partial charge < -0.3 is 20.7 Å². The highest BCUT2D eigenvalue weighted by Crippen LogP contribution is 2.26. The summed E-state index contributed by atoms with van der Waals surface area (Å²) in [6, 6.07) is 4.01. The Balaban J connectivity index is 1.94. The lowest BCUT2D eigenvalue weighted by Gasteiger charge is -2.30. The molecule has 1 fully saturated rings. The van der Waals surface area contributed by atoms with Crippen molar-refractivity contribution in [3.63, 3.8) is 0 Å². The van der Waals surface area contributed by atoms with Gasteiger partial charge in [-0.25, -0.2) is 4.79 Å². The fourth-order valence-corrected chi connectivity index (χ4v) is 2.89. The Labute approximate surface area is 152 Å². The Bertz CT molecular complexity index is 662. The lowest BCUT2D eigenvalue weighted by Crippen LogP contribution is -2.47. The average Bonchev–Trinajstić information content (AvgIpc) is 2.55. The zero-order valence-corrected chi connectivity index (χ0v) is 14.8. The van der Waals surface area contributed by atoms with Crippen molar-refractivity contribution < 1.29 is 23.1 Å². The molecule has 25 heavy (non-hydrogen) atoms. The summed E-state index contributed by atoms with van der Waals surface area (Å²) < 4.78 is 30.0. The first-order chi connectivity index (χ1) is 11.8. The average molecular weight is 418 g/mol. The van der Waals surface area contributed by atoms with Gasteiger partial charge in [0.1, 0.15) is 5.75 Å². The van der Waals surface area contributed by atoms with Gasteiger partial charge in [0, 0.05) is 35.2 Å². The van der Waals surface area contributed by atoms with Crippen molar-refractivity contribution in [3.05, 3.63) is 34.3 Å². The van der Waals surface area contributed by atoms with Crippen molar-refractivity contribution in [1.82, 2.24) is 10.2 Å². The van der Waals surface area contributed by atoms with Crippen LogP contribution >= 0.6 is 15.9 Å². The van der Waals surface area contributed by atoms with E-state index in [0.29, 0.717) is 36.0 Å². The van der Waals surface area contributed by atoms with Crippen LogP contribution in [0.15, 0.2) is 28.7 Å². The second-order valence-corrected chi connectivity index (χ2v) is 6.42. The Morgan fingerprint density at radius 1 is 1.36 bits per heavy atom. The zero-order valence-electron chi connectivity index (χ0n) is 13.3. The summed E-state index contributed by atoms with van der Waals surface area (Å²) in [5.41, 5.74) is 5.56. The lowest BCUT2D eigenvalue weighted by molar-refractivity contribution is -0.117. The Morgan fingerprint density at radius 3 is 2.64 bits per heavy atom. The smallest absolute Gasteiger partial charge is 0.387 e. The maximum absolute atomic E-state index is 12.4. The molecular weight excluding hydrogens is 400 g/mol. The number of likely N-dealkylation sites (tertiary alicyclic amines) is 1. The Morgan fingerprint density at radius 2 is 2.04 bits per heavy atom. The first-order valence-corrected chi connectivity index (χ1v) is 8.42. The third-order valence-corrected chi connectivity index (χ3v) is 4.25. The molecule has 1 aromatic carbocycles. The van der Waals surface area contributed by atoms with Crippen LogP contribution in [0.1, 0.15) is 18.4 Å². The van der Waals surface area contributed by atoms with Crippen molar-refractivity contribution in [3.8, 4) is 5.75 Å². The number of nitrogens with zero attached hydrogens (tertiary/aromatic N) is 1. The van der Waals surface area contributed by atoms with E-state index in [-0.39, 0.29) is 17.7 Å². The number of halogens is 3. The fraction of sp³-hybridized carbons (Fsp3) is 0.375. The lowest BCUT2D eigenvalue weighted by atomic mass is 10.1. The first-order valence-electron chi connectivity index (χ1n) is 7.62. The molecule has 3 amide bonds. The minimum atomic E-state index is -2.95. The first kappa shape index (κ1) is 19.2. The van der Waals surface area contributed by atoms with Crippen LogP contribution in [0.2, 0.25) is 0 Å². The van der Waals surface area contributed by atoms with Crippen molar-refractivity contribution in [2.45, 2.75) is 25.5 Å². The molecule has 0 aliphatic carbocycles. The predicted molar refractivity (Wildman–Crippen MR) is 92.1 cm³/mol. The second kappa shape index (κ2) is 8.80. The van der Waals surface area contributed by atoms with E-state index in [2.05, 4.69) is 26.0 Å². The summed E-state index contributed by atoms with van der Waals surface area (Å²) >= 11 is 3.25. The molecule has 6 nitrogen and oxygen atoms in total. The third-order valence-electron chi connectivity index (χ3n) is 3.76. The van der Waals surface area contributed by atoms with Crippen molar-refractivity contribution in [2.75, 3.05) is 13.1 Å². The number of piperidine rings is 1. The van der Waals surface area contributed by atoms with Gasteiger partial charge in [-0.05, 0) is 37.1 Å². The van der Waals surface area contributed by atoms with E-state index >= 15 is 0 Å². The van der Waals surface area contributed by atoms with E-state index in [4.69, 9.17) is 5.73 Å². The minimum Gasteiger partial charge on any atom is -0.434 e. The number of carbonyl (C=O) groups excluding carboxylic acids is 2. The molecule has 1 aliphatic heterocycles. The molecular formula is C16H18BrF2N3O3. The summed E-state index contributed by atoms with van der Waals surface area (Å²) in [5.74, 6) is -0.363. The number of ether oxygens (including phenoxy) is 1. The highest BCUT2D eigenvalue weighted by Gasteiger charge is 2.21. The van der Waals surface area contributed by atoms with Crippen molar-refractivity contribution in [1.29, 1.82) is 0 Å². The van der Waals surface area contributed by atoms with E-state index < -0.39 is 12.6 Å². The van der Waals surface area contributed by atoms with Crippen LogP contribution in [-0.2, 0) is 4.79 Å². The SMILES string of the molecule is NC(=O)N1CCC(NC(=O)/C=C/c2cc(Br)ccc2OC(F)F)CC1. The standard InChI is InChI=1S/C16H18BrF2N3O3/c17-11-2-3-13(25-15(18)19)10(9-11)1-4-14(23)21-12-5-7-22(8-6-12)16(20)24/h1-4,9,12,15H,5-8H2,(H2,20,24)(H,21,23)/b4-1+. The van der Waals surface area contributed by atoms with Gasteiger partial charge in [0.15, 0.2) is 0 Å². The maximum Gasteiger partial charge on any atom is 0.387 e. The topological polar surface area (TPSA) is 84.7 Å². The number of carbonyl (C=O) groups is 2. The van der Waals surface area contributed by atoms with Crippen LogP contribution in [-0.4, -0.2) is 42.6 Å². The Kier molecular flexibility index (Phi) is 6.74. The summed E-state index contributed by atoms with van der Waals surface area (Å²) in [6.45, 7) is -1.97. The van der Waals surface area contributed by atoms with Crippen LogP contribution in [0.25, 0.3) is 6.08 Å². The molecule has 136 valence electrons. The van der Waals surface area contributed by atoms with Gasteiger partial charge in [-0.15, -0.1) is 0 Å². The largest absolute Gasteiger partial charge is 0.434 e. The number of primary amides is 1. The van der Waals surface area contributed by atoms with Gasteiger partial charge in [-0.2, -0.15) is 8.78 Å². The molecule has 1 aromatic rings. The van der Waals surface area contributed by atoms with E-state index in [1.54, 1.807) is 12.1 Å². The highest BCUT2D eigenvalue weighted by molar-refractivity contribution is 9.10. The molecule has 3 N–H and O–H groups in total. The molecule has 9 heteroatoms. The molecule has 0 saturated carbocycles. The van der Waals surface area contributed by atoms with Crippen LogP contribution in [0.3, 0.4) is 0 Å². The number of hydrogen-bond donors (Lipinski definition) is 2. The molecule has 1 saturated heterocycles. The number of urea groups is 1. The fourth-order valence-electron chi connectivity index (χ4n) is 2.51. The van der Waals surface area contributed by atoms with Gasteiger partial charge in [0.25, 0.3) is 0 Å². The second-order valence-electron chi connectivity index (χ2n) is 5.50. The number of amides is 3. The van der Waals surface area contributed by atoms with Gasteiger partial charge in [0.05, 0.1) is 0 Å². The highest BCUT2D eigenvalue weighted by atomic mass is 79.9. The number of alkyl halides is 2. The van der Waals surface area contributed by atoms with Gasteiger partial charge in [-0.3, -0.25) is 4.79 Å². The van der Waals surface area contributed by atoms with Gasteiger partial charge in [0.2, 0.25) is 5.91 Å². The molecule has 0 aromatic heterocycles. The number of benzene rings is 1. The number of hydrogen-bond acceptors (Lipinski definition) is 3. The molecule has 0 radical (unpaired) electrons. The summed E-state index contributed by atoms with van der Waals surface area (Å²) in [5, 5.41) is 2.82. The third kappa shape index (κ3) is 6.00. The van der Waals surface area contributed by atoms with Crippen molar-refractivity contribution in [2.24, 2.45) is 5.73 Å². The molecule has 1 heterocycles. The van der Waals surface area contributed by atoms with Crippen molar-refractivity contribution >= 4 is 33.9 Å². The monoisotopic (exact) mass is 417 g/mol. The van der Waals surface area contributed by atoms with E-state index in [1.165, 1.54) is 23.1 Å². The molecule has 2 rings (SSSR count). The molecule has 1 aliphatic rings. The zero-order chi connectivity index (χ0) is 18.4. The summed E-state index contributed by atoms with van der Waals surface area (Å²) in [6.07, 6.45) is 3.90. The van der Waals surface area contributed by atoms with E-state index in [0.717, 1.165) is 0 Å². The van der Waals surface area contributed by atoms with Crippen LogP contribution in [0.4, 0.5) is 13.6 Å². The maximum atomic E-state index is 12.4. The minimum absolute atomic E-state index is 0.0167. The van der Waals surface area contributed by atoms with Gasteiger partial charge in [-0.1, -0.05) is 15.9 Å². The molecule has 0 bridgehead atoms. The summed E-state index contributed by atoms with van der Waals surface area (Å²) in [4.78, 5) is 24.6. The van der Waals surface area contributed by atoms with Crippen LogP contribution < -0.4 is 15.8 Å². The summed E-state index contributed by atoms with van der Waals surface area (Å²) in [7, 11) is 0. The Hall–Kier alpha value is -2.16. The number of nitrogens with two attached hydrogens (primary N) is 1. The number of nitrogens with one attached hydrogen (secondary N) is 1. The molecule has 0 spiro atoms. The van der Waals surface area contributed by atoms with Crippen LogP contribution in [0.5, 0.6) is 5.75 Å². The van der Waals surface area contributed by atoms with E-state index in [1.807, 2.05) is 0 Å². The van der Waals surface area contributed by atoms with Gasteiger partial charge >= 0.3 is 12.6 Å². The molecule has 0 atom stereocenters.